The second-order valence-corrected chi connectivity index (χ2v) is 5.61. The Hall–Kier alpha value is -2.33. The molecule has 2 aromatic rings. The number of anilines is 1. The van der Waals surface area contributed by atoms with E-state index in [0.29, 0.717) is 12.2 Å². The Morgan fingerprint density at radius 3 is 2.87 bits per heavy atom. The number of benzene rings is 2. The largest absolute Gasteiger partial charge is 0.462 e. The van der Waals surface area contributed by atoms with Gasteiger partial charge in [0.05, 0.1) is 18.2 Å². The Bertz CT molecular complexity index is 712. The van der Waals surface area contributed by atoms with Crippen molar-refractivity contribution in [3.8, 4) is 0 Å². The van der Waals surface area contributed by atoms with E-state index in [1.807, 2.05) is 32.2 Å². The first kappa shape index (κ1) is 15.6. The number of esters is 1. The number of ether oxygens (including phenoxy) is 1. The summed E-state index contributed by atoms with van der Waals surface area (Å²) in [5.74, 6) is -0.277. The van der Waals surface area contributed by atoms with E-state index in [1.54, 1.807) is 0 Å². The molecule has 2 aromatic carbocycles. The van der Waals surface area contributed by atoms with Crippen molar-refractivity contribution >= 4 is 11.7 Å². The Morgan fingerprint density at radius 2 is 2.09 bits per heavy atom. The second-order valence-electron chi connectivity index (χ2n) is 5.61. The Kier molecular flexibility index (Phi) is 4.63. The molecule has 0 bridgehead atoms. The molecule has 0 radical (unpaired) electrons. The third kappa shape index (κ3) is 3.08. The zero-order chi connectivity index (χ0) is 16.2. The molecule has 3 rings (SSSR count). The van der Waals surface area contributed by atoms with E-state index >= 15 is 0 Å². The van der Waals surface area contributed by atoms with E-state index in [-0.39, 0.29) is 12.0 Å². The summed E-state index contributed by atoms with van der Waals surface area (Å²) in [7, 11) is 1.90. The van der Waals surface area contributed by atoms with Crippen molar-refractivity contribution < 1.29 is 9.53 Å². The van der Waals surface area contributed by atoms with Crippen molar-refractivity contribution in [2.45, 2.75) is 19.4 Å². The Morgan fingerprint density at radius 1 is 1.26 bits per heavy atom. The number of nitrogens with one attached hydrogen (secondary N) is 2. The smallest absolute Gasteiger partial charge is 0.338 e. The van der Waals surface area contributed by atoms with Crippen LogP contribution >= 0.6 is 0 Å². The van der Waals surface area contributed by atoms with E-state index in [2.05, 4.69) is 34.9 Å². The molecular formula is C19H22N2O2. The van der Waals surface area contributed by atoms with Crippen LogP contribution in [0.25, 0.3) is 0 Å². The van der Waals surface area contributed by atoms with Gasteiger partial charge in [-0.05, 0) is 48.2 Å². The molecule has 1 aliphatic rings. The van der Waals surface area contributed by atoms with Crippen LogP contribution in [-0.4, -0.2) is 26.2 Å². The highest BCUT2D eigenvalue weighted by Gasteiger charge is 2.24. The molecule has 0 fully saturated rings. The molecular weight excluding hydrogens is 288 g/mol. The summed E-state index contributed by atoms with van der Waals surface area (Å²) in [5, 5.41) is 6.80. The van der Waals surface area contributed by atoms with E-state index in [4.69, 9.17) is 4.74 Å². The maximum atomic E-state index is 12.1. The summed E-state index contributed by atoms with van der Waals surface area (Å²) >= 11 is 0. The topological polar surface area (TPSA) is 50.4 Å². The minimum atomic E-state index is -0.277. The van der Waals surface area contributed by atoms with Crippen molar-refractivity contribution in [3.05, 3.63) is 64.7 Å². The molecule has 1 aliphatic heterocycles. The molecule has 4 nitrogen and oxygen atoms in total. The fourth-order valence-corrected chi connectivity index (χ4v) is 3.15. The van der Waals surface area contributed by atoms with Gasteiger partial charge in [-0.1, -0.05) is 24.3 Å². The maximum absolute atomic E-state index is 12.1. The standard InChI is InChI=1S/C19H22N2O2/c1-3-23-19(22)14-8-9-17(20-2)16(12-14)18-15-7-5-4-6-13(15)10-11-21-18/h4-9,12,18,20-21H,3,10-11H2,1-2H3/t18-/m1/s1. The molecule has 4 heteroatoms. The van der Waals surface area contributed by atoms with Gasteiger partial charge in [-0.2, -0.15) is 0 Å². The van der Waals surface area contributed by atoms with Gasteiger partial charge in [-0.15, -0.1) is 0 Å². The molecule has 0 saturated carbocycles. The first-order valence-electron chi connectivity index (χ1n) is 8.04. The summed E-state index contributed by atoms with van der Waals surface area (Å²) in [5.41, 5.74) is 5.32. The lowest BCUT2D eigenvalue weighted by Crippen LogP contribution is -2.31. The van der Waals surface area contributed by atoms with Crippen LogP contribution in [0.15, 0.2) is 42.5 Å². The third-order valence-electron chi connectivity index (χ3n) is 4.25. The molecule has 1 atom stereocenters. The van der Waals surface area contributed by atoms with Gasteiger partial charge in [0, 0.05) is 19.3 Å². The molecule has 0 amide bonds. The lowest BCUT2D eigenvalue weighted by Gasteiger charge is -2.29. The summed E-state index contributed by atoms with van der Waals surface area (Å²) in [6, 6.07) is 14.2. The highest BCUT2D eigenvalue weighted by molar-refractivity contribution is 5.90. The lowest BCUT2D eigenvalue weighted by atomic mass is 9.88. The fraction of sp³-hybridized carbons (Fsp3) is 0.316. The maximum Gasteiger partial charge on any atom is 0.338 e. The van der Waals surface area contributed by atoms with Gasteiger partial charge in [0.25, 0.3) is 0 Å². The van der Waals surface area contributed by atoms with Crippen LogP contribution in [0.2, 0.25) is 0 Å². The summed E-state index contributed by atoms with van der Waals surface area (Å²) < 4.78 is 5.13. The van der Waals surface area contributed by atoms with Crippen molar-refractivity contribution in [2.24, 2.45) is 0 Å². The molecule has 0 spiro atoms. The monoisotopic (exact) mass is 310 g/mol. The first-order valence-corrected chi connectivity index (χ1v) is 8.04. The predicted octanol–water partition coefficient (Wildman–Crippen LogP) is 3.14. The van der Waals surface area contributed by atoms with Crippen LogP contribution < -0.4 is 10.6 Å². The number of carbonyl (C=O) groups is 1. The minimum absolute atomic E-state index is 0.0803. The summed E-state index contributed by atoms with van der Waals surface area (Å²) in [4.78, 5) is 12.1. The zero-order valence-electron chi connectivity index (χ0n) is 13.6. The fourth-order valence-electron chi connectivity index (χ4n) is 3.15. The van der Waals surface area contributed by atoms with E-state index in [1.165, 1.54) is 11.1 Å². The molecule has 1 heterocycles. The summed E-state index contributed by atoms with van der Waals surface area (Å²) in [6.45, 7) is 3.13. The van der Waals surface area contributed by atoms with Crippen LogP contribution in [0.1, 0.15) is 40.0 Å². The van der Waals surface area contributed by atoms with Crippen LogP contribution in [0, 0.1) is 0 Å². The zero-order valence-corrected chi connectivity index (χ0v) is 13.6. The van der Waals surface area contributed by atoms with Crippen molar-refractivity contribution in [1.29, 1.82) is 0 Å². The van der Waals surface area contributed by atoms with Gasteiger partial charge >= 0.3 is 5.97 Å². The van der Waals surface area contributed by atoms with Crippen molar-refractivity contribution in [1.82, 2.24) is 5.32 Å². The van der Waals surface area contributed by atoms with Crippen molar-refractivity contribution in [2.75, 3.05) is 25.5 Å². The highest BCUT2D eigenvalue weighted by atomic mass is 16.5. The van der Waals surface area contributed by atoms with Crippen LogP contribution in [-0.2, 0) is 11.2 Å². The molecule has 0 aromatic heterocycles. The van der Waals surface area contributed by atoms with Gasteiger partial charge in [0.15, 0.2) is 0 Å². The average Bonchev–Trinajstić information content (AvgIpc) is 2.61. The average molecular weight is 310 g/mol. The van der Waals surface area contributed by atoms with Gasteiger partial charge in [-0.25, -0.2) is 4.79 Å². The molecule has 2 N–H and O–H groups in total. The number of carbonyl (C=O) groups excluding carboxylic acids is 1. The lowest BCUT2D eigenvalue weighted by molar-refractivity contribution is 0.0526. The van der Waals surface area contributed by atoms with E-state index in [9.17, 15) is 4.79 Å². The van der Waals surface area contributed by atoms with Gasteiger partial charge in [0.2, 0.25) is 0 Å². The first-order chi connectivity index (χ1) is 11.2. The normalized spacial score (nSPS) is 16.5. The third-order valence-corrected chi connectivity index (χ3v) is 4.25. The van der Waals surface area contributed by atoms with Gasteiger partial charge in [-0.3, -0.25) is 0 Å². The number of rotatable bonds is 4. The van der Waals surface area contributed by atoms with Gasteiger partial charge < -0.3 is 15.4 Å². The number of fused-ring (bicyclic) bond motifs is 1. The quantitative estimate of drug-likeness (QED) is 0.852. The highest BCUT2D eigenvalue weighted by Crippen LogP contribution is 2.33. The van der Waals surface area contributed by atoms with Crippen LogP contribution in [0.5, 0.6) is 0 Å². The number of hydrogen-bond acceptors (Lipinski definition) is 4. The van der Waals surface area contributed by atoms with Gasteiger partial charge in [0.1, 0.15) is 0 Å². The van der Waals surface area contributed by atoms with Crippen LogP contribution in [0.4, 0.5) is 5.69 Å². The molecule has 120 valence electrons. The molecule has 0 aliphatic carbocycles. The second kappa shape index (κ2) is 6.84. The molecule has 0 unspecified atom stereocenters. The Labute approximate surface area is 136 Å². The minimum Gasteiger partial charge on any atom is -0.462 e. The van der Waals surface area contributed by atoms with Crippen LogP contribution in [0.3, 0.4) is 0 Å². The number of hydrogen-bond donors (Lipinski definition) is 2. The molecule has 0 saturated heterocycles. The Balaban J connectivity index is 2.05. The predicted molar refractivity (Wildman–Crippen MR) is 91.9 cm³/mol. The van der Waals surface area contributed by atoms with E-state index < -0.39 is 0 Å². The summed E-state index contributed by atoms with van der Waals surface area (Å²) in [6.07, 6.45) is 1.03. The van der Waals surface area contributed by atoms with Crippen molar-refractivity contribution in [3.63, 3.8) is 0 Å². The molecule has 23 heavy (non-hydrogen) atoms. The SMILES string of the molecule is CCOC(=O)c1ccc(NC)c([C@@H]2NCCc3ccccc32)c1. The van der Waals surface area contributed by atoms with E-state index in [0.717, 1.165) is 24.2 Å².